The van der Waals surface area contributed by atoms with Crippen LogP contribution in [0.2, 0.25) is 0 Å². The third-order valence-electron chi connectivity index (χ3n) is 4.66. The van der Waals surface area contributed by atoms with E-state index in [0.717, 1.165) is 12.3 Å². The fourth-order valence-corrected chi connectivity index (χ4v) is 3.07. The molecule has 0 aromatic heterocycles. The van der Waals surface area contributed by atoms with Crippen LogP contribution in [0, 0.1) is 23.7 Å². The summed E-state index contributed by atoms with van der Waals surface area (Å²) in [7, 11) is 0. The van der Waals surface area contributed by atoms with Crippen molar-refractivity contribution in [1.29, 1.82) is 0 Å². The summed E-state index contributed by atoms with van der Waals surface area (Å²) in [5.74, 6) is 0.594. The predicted molar refractivity (Wildman–Crippen MR) is 70.3 cm³/mol. The maximum Gasteiger partial charge on any atom is 0.344 e. The first-order chi connectivity index (χ1) is 8.97. The quantitative estimate of drug-likeness (QED) is 0.719. The van der Waals surface area contributed by atoms with E-state index in [-0.39, 0.29) is 30.5 Å². The van der Waals surface area contributed by atoms with Crippen molar-refractivity contribution in [1.82, 2.24) is 0 Å². The molecule has 0 aliphatic heterocycles. The second-order valence-electron chi connectivity index (χ2n) is 6.34. The normalized spacial score (nSPS) is 30.4. The summed E-state index contributed by atoms with van der Waals surface area (Å²) in [5.41, 5.74) is 0. The van der Waals surface area contributed by atoms with Gasteiger partial charge in [-0.2, -0.15) is 0 Å². The van der Waals surface area contributed by atoms with E-state index in [0.29, 0.717) is 5.92 Å². The van der Waals surface area contributed by atoms with Crippen molar-refractivity contribution < 1.29 is 19.1 Å². The molecule has 2 bridgehead atoms. The molecule has 0 radical (unpaired) electrons. The minimum atomic E-state index is -0.401. The first-order valence-electron chi connectivity index (χ1n) is 7.33. The topological polar surface area (TPSA) is 52.6 Å². The highest BCUT2D eigenvalue weighted by molar-refractivity contribution is 5.77. The minimum absolute atomic E-state index is 0.0625. The Morgan fingerprint density at radius 3 is 2.42 bits per heavy atom. The van der Waals surface area contributed by atoms with Gasteiger partial charge in [-0.15, -0.1) is 0 Å². The highest BCUT2D eigenvalue weighted by Crippen LogP contribution is 2.45. The fraction of sp³-hybridized carbons (Fsp3) is 0.867. The van der Waals surface area contributed by atoms with Crippen LogP contribution in [0.25, 0.3) is 0 Å². The van der Waals surface area contributed by atoms with E-state index in [1.807, 2.05) is 20.8 Å². The average Bonchev–Trinajstić information content (AvgIpc) is 2.97. The van der Waals surface area contributed by atoms with Crippen molar-refractivity contribution in [2.45, 2.75) is 52.6 Å². The molecule has 2 fully saturated rings. The Bertz CT molecular complexity index is 350. The summed E-state index contributed by atoms with van der Waals surface area (Å²) < 4.78 is 10.4. The van der Waals surface area contributed by atoms with Gasteiger partial charge >= 0.3 is 11.9 Å². The summed E-state index contributed by atoms with van der Waals surface area (Å²) in [4.78, 5) is 23.3. The number of esters is 2. The Morgan fingerprint density at radius 1 is 1.16 bits per heavy atom. The SMILES string of the molecule is CC(C)C(C)C(=O)OCC(=O)OC1CC2CCC1C2. The van der Waals surface area contributed by atoms with Crippen LogP contribution < -0.4 is 0 Å². The zero-order chi connectivity index (χ0) is 14.0. The van der Waals surface area contributed by atoms with E-state index >= 15 is 0 Å². The molecule has 2 aliphatic rings. The lowest BCUT2D eigenvalue weighted by molar-refractivity contribution is -0.166. The van der Waals surface area contributed by atoms with E-state index in [4.69, 9.17) is 9.47 Å². The molecular weight excluding hydrogens is 244 g/mol. The Morgan fingerprint density at radius 2 is 1.89 bits per heavy atom. The van der Waals surface area contributed by atoms with Gasteiger partial charge in [0.25, 0.3) is 0 Å². The standard InChI is InChI=1S/C15H24O4/c1-9(2)10(3)15(17)18-8-14(16)19-13-7-11-4-5-12(13)6-11/h9-13H,4-8H2,1-3H3. The van der Waals surface area contributed by atoms with Gasteiger partial charge in [-0.05, 0) is 43.4 Å². The van der Waals surface area contributed by atoms with Gasteiger partial charge < -0.3 is 9.47 Å². The summed E-state index contributed by atoms with van der Waals surface area (Å²) in [6.45, 7) is 5.48. The number of carbonyl (C=O) groups is 2. The Balaban J connectivity index is 1.69. The zero-order valence-corrected chi connectivity index (χ0v) is 12.1. The van der Waals surface area contributed by atoms with Crippen LogP contribution in [0.15, 0.2) is 0 Å². The van der Waals surface area contributed by atoms with Crippen molar-refractivity contribution in [3.8, 4) is 0 Å². The first-order valence-corrected chi connectivity index (χ1v) is 7.33. The van der Waals surface area contributed by atoms with E-state index in [9.17, 15) is 9.59 Å². The summed E-state index contributed by atoms with van der Waals surface area (Å²) in [6.07, 6.45) is 4.70. The average molecular weight is 268 g/mol. The highest BCUT2D eigenvalue weighted by Gasteiger charge is 2.41. The lowest BCUT2D eigenvalue weighted by atomic mass is 9.98. The predicted octanol–water partition coefficient (Wildman–Crippen LogP) is 2.55. The maximum absolute atomic E-state index is 11.7. The third kappa shape index (κ3) is 3.48. The van der Waals surface area contributed by atoms with Crippen molar-refractivity contribution in [3.05, 3.63) is 0 Å². The van der Waals surface area contributed by atoms with Gasteiger partial charge in [-0.3, -0.25) is 4.79 Å². The summed E-state index contributed by atoms with van der Waals surface area (Å²) in [6, 6.07) is 0. The van der Waals surface area contributed by atoms with Crippen molar-refractivity contribution in [2.24, 2.45) is 23.7 Å². The molecule has 2 rings (SSSR count). The second-order valence-corrected chi connectivity index (χ2v) is 6.34. The molecule has 4 nitrogen and oxygen atoms in total. The third-order valence-corrected chi connectivity index (χ3v) is 4.66. The zero-order valence-electron chi connectivity index (χ0n) is 12.1. The molecule has 19 heavy (non-hydrogen) atoms. The molecule has 2 aliphatic carbocycles. The van der Waals surface area contributed by atoms with Crippen LogP contribution in [-0.4, -0.2) is 24.6 Å². The van der Waals surface area contributed by atoms with Crippen LogP contribution in [0.3, 0.4) is 0 Å². The van der Waals surface area contributed by atoms with Crippen LogP contribution in [0.4, 0.5) is 0 Å². The number of hydrogen-bond acceptors (Lipinski definition) is 4. The van der Waals surface area contributed by atoms with Crippen LogP contribution in [0.5, 0.6) is 0 Å². The Labute approximate surface area is 114 Å². The van der Waals surface area contributed by atoms with Gasteiger partial charge in [0.1, 0.15) is 6.10 Å². The number of ether oxygens (including phenoxy) is 2. The lowest BCUT2D eigenvalue weighted by Crippen LogP contribution is -2.28. The summed E-state index contributed by atoms with van der Waals surface area (Å²) in [5, 5.41) is 0. The maximum atomic E-state index is 11.7. The number of rotatable bonds is 5. The lowest BCUT2D eigenvalue weighted by Gasteiger charge is -2.22. The van der Waals surface area contributed by atoms with Gasteiger partial charge in [0.2, 0.25) is 0 Å². The summed E-state index contributed by atoms with van der Waals surface area (Å²) >= 11 is 0. The first kappa shape index (κ1) is 14.4. The Kier molecular flexibility index (Phi) is 4.48. The molecule has 4 heteroatoms. The molecule has 0 saturated heterocycles. The number of carbonyl (C=O) groups excluding carboxylic acids is 2. The van der Waals surface area contributed by atoms with Crippen LogP contribution >= 0.6 is 0 Å². The largest absolute Gasteiger partial charge is 0.460 e. The van der Waals surface area contributed by atoms with Crippen LogP contribution in [-0.2, 0) is 19.1 Å². The molecule has 4 unspecified atom stereocenters. The van der Waals surface area contributed by atoms with Gasteiger partial charge in [-0.1, -0.05) is 20.8 Å². The van der Waals surface area contributed by atoms with E-state index in [2.05, 4.69) is 0 Å². The van der Waals surface area contributed by atoms with Gasteiger partial charge in [-0.25, -0.2) is 4.79 Å². The Hall–Kier alpha value is -1.06. The fourth-order valence-electron chi connectivity index (χ4n) is 3.07. The molecule has 108 valence electrons. The number of fused-ring (bicyclic) bond motifs is 2. The van der Waals surface area contributed by atoms with E-state index < -0.39 is 5.97 Å². The van der Waals surface area contributed by atoms with Crippen LogP contribution in [0.1, 0.15) is 46.5 Å². The van der Waals surface area contributed by atoms with E-state index in [1.54, 1.807) is 0 Å². The molecule has 4 atom stereocenters. The molecule has 2 saturated carbocycles. The number of hydrogen-bond donors (Lipinski definition) is 0. The molecule has 0 spiro atoms. The monoisotopic (exact) mass is 268 g/mol. The van der Waals surface area contributed by atoms with Crippen molar-refractivity contribution in [3.63, 3.8) is 0 Å². The van der Waals surface area contributed by atoms with Gasteiger partial charge in [0.15, 0.2) is 6.61 Å². The minimum Gasteiger partial charge on any atom is -0.460 e. The molecule has 0 amide bonds. The highest BCUT2D eigenvalue weighted by atomic mass is 16.6. The molecule has 0 aromatic carbocycles. The van der Waals surface area contributed by atoms with E-state index in [1.165, 1.54) is 19.3 Å². The van der Waals surface area contributed by atoms with Gasteiger partial charge in [0.05, 0.1) is 5.92 Å². The van der Waals surface area contributed by atoms with Crippen molar-refractivity contribution in [2.75, 3.05) is 6.61 Å². The molecule has 0 N–H and O–H groups in total. The molecule has 0 aromatic rings. The van der Waals surface area contributed by atoms with Gasteiger partial charge in [0, 0.05) is 0 Å². The molecular formula is C15H24O4. The second kappa shape index (κ2) is 5.93. The smallest absolute Gasteiger partial charge is 0.344 e. The molecule has 0 heterocycles. The van der Waals surface area contributed by atoms with Crippen molar-refractivity contribution >= 4 is 11.9 Å².